The molecule has 1 fully saturated rings. The van der Waals surface area contributed by atoms with E-state index in [0.29, 0.717) is 0 Å². The zero-order valence-corrected chi connectivity index (χ0v) is 11.0. The summed E-state index contributed by atoms with van der Waals surface area (Å²) in [6.45, 7) is 8.47. The van der Waals surface area contributed by atoms with E-state index in [1.54, 1.807) is 0 Å². The second kappa shape index (κ2) is 3.59. The van der Waals surface area contributed by atoms with Crippen LogP contribution in [0, 0.1) is 6.92 Å². The van der Waals surface area contributed by atoms with Crippen molar-refractivity contribution in [1.82, 2.24) is 0 Å². The molecule has 1 N–H and O–H groups in total. The van der Waals surface area contributed by atoms with Crippen LogP contribution in [0.15, 0.2) is 18.2 Å². The monoisotopic (exact) mass is 232 g/mol. The number of carboxylic acids is 1. The zero-order valence-electron chi connectivity index (χ0n) is 11.0. The maximum Gasteiger partial charge on any atom is 0.314 e. The summed E-state index contributed by atoms with van der Waals surface area (Å²) >= 11 is 0. The zero-order chi connectivity index (χ0) is 12.8. The van der Waals surface area contributed by atoms with Gasteiger partial charge in [-0.25, -0.2) is 0 Å². The van der Waals surface area contributed by atoms with Crippen LogP contribution in [-0.2, 0) is 15.6 Å². The predicted molar refractivity (Wildman–Crippen MR) is 68.4 cm³/mol. The minimum Gasteiger partial charge on any atom is -0.481 e. The fraction of sp³-hybridized carbons (Fsp3) is 0.533. The quantitative estimate of drug-likeness (QED) is 0.848. The third kappa shape index (κ3) is 1.97. The summed E-state index contributed by atoms with van der Waals surface area (Å²) in [4.78, 5) is 11.4. The van der Waals surface area contributed by atoms with Crippen LogP contribution >= 0.6 is 0 Å². The lowest BCUT2D eigenvalue weighted by atomic mass is 9.82. The molecule has 0 saturated heterocycles. The first-order chi connectivity index (χ1) is 7.77. The number of carboxylic acid groups (broad SMARTS) is 1. The topological polar surface area (TPSA) is 37.3 Å². The van der Waals surface area contributed by atoms with Gasteiger partial charge in [-0.1, -0.05) is 39.0 Å². The van der Waals surface area contributed by atoms with Crippen molar-refractivity contribution < 1.29 is 9.90 Å². The van der Waals surface area contributed by atoms with Crippen molar-refractivity contribution in [2.24, 2.45) is 0 Å². The van der Waals surface area contributed by atoms with E-state index in [1.807, 2.05) is 6.92 Å². The molecule has 1 aliphatic carbocycles. The summed E-state index contributed by atoms with van der Waals surface area (Å²) in [5, 5.41) is 9.38. The van der Waals surface area contributed by atoms with E-state index in [4.69, 9.17) is 0 Å². The van der Waals surface area contributed by atoms with Gasteiger partial charge in [-0.2, -0.15) is 0 Å². The highest BCUT2D eigenvalue weighted by molar-refractivity contribution is 5.85. The summed E-state index contributed by atoms with van der Waals surface area (Å²) in [5.74, 6) is -0.674. The van der Waals surface area contributed by atoms with Crippen LogP contribution in [-0.4, -0.2) is 11.1 Å². The third-order valence-electron chi connectivity index (χ3n) is 3.78. The lowest BCUT2D eigenvalue weighted by molar-refractivity contribution is -0.140. The number of aryl methyl sites for hydroxylation is 1. The van der Waals surface area contributed by atoms with Gasteiger partial charge in [0.2, 0.25) is 0 Å². The number of benzene rings is 1. The highest BCUT2D eigenvalue weighted by Crippen LogP contribution is 2.50. The van der Waals surface area contributed by atoms with Crippen LogP contribution < -0.4 is 0 Å². The molecule has 0 amide bonds. The molecule has 0 radical (unpaired) electrons. The molecule has 1 aliphatic rings. The molecule has 0 aliphatic heterocycles. The van der Waals surface area contributed by atoms with Crippen LogP contribution in [0.2, 0.25) is 0 Å². The molecule has 0 atom stereocenters. The SMILES string of the molecule is Cc1ccc(C(C)(C)C)cc1C1(C(=O)O)CC1. The van der Waals surface area contributed by atoms with Crippen LogP contribution in [0.3, 0.4) is 0 Å². The first-order valence-electron chi connectivity index (χ1n) is 6.12. The molecule has 0 heterocycles. The van der Waals surface area contributed by atoms with E-state index in [9.17, 15) is 9.90 Å². The Bertz CT molecular complexity index is 462. The van der Waals surface area contributed by atoms with Crippen LogP contribution in [0.1, 0.15) is 50.3 Å². The lowest BCUT2D eigenvalue weighted by Gasteiger charge is -2.22. The van der Waals surface area contributed by atoms with Crippen molar-refractivity contribution >= 4 is 5.97 Å². The van der Waals surface area contributed by atoms with E-state index < -0.39 is 11.4 Å². The lowest BCUT2D eigenvalue weighted by Crippen LogP contribution is -2.22. The molecular weight excluding hydrogens is 212 g/mol. The van der Waals surface area contributed by atoms with E-state index in [0.717, 1.165) is 24.0 Å². The van der Waals surface area contributed by atoms with Crippen molar-refractivity contribution in [3.63, 3.8) is 0 Å². The molecule has 1 saturated carbocycles. The summed E-state index contributed by atoms with van der Waals surface area (Å²) in [7, 11) is 0. The molecule has 0 spiro atoms. The van der Waals surface area contributed by atoms with E-state index in [1.165, 1.54) is 5.56 Å². The molecule has 0 bridgehead atoms. The fourth-order valence-corrected chi connectivity index (χ4v) is 2.33. The molecule has 2 heteroatoms. The van der Waals surface area contributed by atoms with Gasteiger partial charge in [0, 0.05) is 0 Å². The van der Waals surface area contributed by atoms with Crippen molar-refractivity contribution in [2.75, 3.05) is 0 Å². The first-order valence-corrected chi connectivity index (χ1v) is 6.12. The van der Waals surface area contributed by atoms with Gasteiger partial charge >= 0.3 is 5.97 Å². The van der Waals surface area contributed by atoms with Crippen molar-refractivity contribution in [3.05, 3.63) is 34.9 Å². The highest BCUT2D eigenvalue weighted by atomic mass is 16.4. The minimum absolute atomic E-state index is 0.0665. The number of hydrogen-bond donors (Lipinski definition) is 1. The molecule has 2 rings (SSSR count). The summed E-state index contributed by atoms with van der Waals surface area (Å²) < 4.78 is 0. The van der Waals surface area contributed by atoms with E-state index in [2.05, 4.69) is 39.0 Å². The molecular formula is C15H20O2. The Kier molecular flexibility index (Phi) is 2.57. The summed E-state index contributed by atoms with van der Waals surface area (Å²) in [6.07, 6.45) is 1.55. The average Bonchev–Trinajstić information content (AvgIpc) is 2.97. The van der Waals surface area contributed by atoms with E-state index in [-0.39, 0.29) is 5.41 Å². The second-order valence-electron chi connectivity index (χ2n) is 6.17. The average molecular weight is 232 g/mol. The molecule has 2 nitrogen and oxygen atoms in total. The Labute approximate surface area is 103 Å². The summed E-state index contributed by atoms with van der Waals surface area (Å²) in [5.41, 5.74) is 2.79. The molecule has 0 aromatic heterocycles. The molecule has 1 aromatic carbocycles. The molecule has 92 valence electrons. The molecule has 1 aromatic rings. The van der Waals surface area contributed by atoms with Gasteiger partial charge < -0.3 is 5.11 Å². The Morgan fingerprint density at radius 2 is 1.88 bits per heavy atom. The highest BCUT2D eigenvalue weighted by Gasteiger charge is 2.52. The number of aliphatic carboxylic acids is 1. The summed E-state index contributed by atoms with van der Waals surface area (Å²) in [6, 6.07) is 6.26. The van der Waals surface area contributed by atoms with Gasteiger partial charge in [-0.3, -0.25) is 4.79 Å². The first kappa shape index (κ1) is 12.2. The van der Waals surface area contributed by atoms with Gasteiger partial charge in [0.25, 0.3) is 0 Å². The molecule has 0 unspecified atom stereocenters. The van der Waals surface area contributed by atoms with Crippen molar-refractivity contribution in [2.45, 2.75) is 51.4 Å². The largest absolute Gasteiger partial charge is 0.481 e. The van der Waals surface area contributed by atoms with Gasteiger partial charge in [0.15, 0.2) is 0 Å². The number of carbonyl (C=O) groups is 1. The van der Waals surface area contributed by atoms with Crippen LogP contribution in [0.4, 0.5) is 0 Å². The minimum atomic E-state index is -0.674. The van der Waals surface area contributed by atoms with Crippen LogP contribution in [0.5, 0.6) is 0 Å². The van der Waals surface area contributed by atoms with Crippen LogP contribution in [0.25, 0.3) is 0 Å². The van der Waals surface area contributed by atoms with Gasteiger partial charge in [-0.05, 0) is 41.9 Å². The Morgan fingerprint density at radius 1 is 1.29 bits per heavy atom. The normalized spacial score (nSPS) is 17.9. The second-order valence-corrected chi connectivity index (χ2v) is 6.17. The number of rotatable bonds is 2. The number of hydrogen-bond acceptors (Lipinski definition) is 1. The van der Waals surface area contributed by atoms with E-state index >= 15 is 0 Å². The molecule has 17 heavy (non-hydrogen) atoms. The van der Waals surface area contributed by atoms with Gasteiger partial charge in [0.1, 0.15) is 0 Å². The Balaban J connectivity index is 2.51. The Hall–Kier alpha value is -1.31. The Morgan fingerprint density at radius 3 is 2.29 bits per heavy atom. The third-order valence-corrected chi connectivity index (χ3v) is 3.78. The maximum absolute atomic E-state index is 11.4. The smallest absolute Gasteiger partial charge is 0.314 e. The maximum atomic E-state index is 11.4. The van der Waals surface area contributed by atoms with Gasteiger partial charge in [0.05, 0.1) is 5.41 Å². The van der Waals surface area contributed by atoms with Gasteiger partial charge in [-0.15, -0.1) is 0 Å². The standard InChI is InChI=1S/C15H20O2/c1-10-5-6-11(14(2,3)4)9-12(10)15(7-8-15)13(16)17/h5-6,9H,7-8H2,1-4H3,(H,16,17). The fourth-order valence-electron chi connectivity index (χ4n) is 2.33. The van der Waals surface area contributed by atoms with Crippen molar-refractivity contribution in [1.29, 1.82) is 0 Å². The predicted octanol–water partition coefficient (Wildman–Crippen LogP) is 3.41. The van der Waals surface area contributed by atoms with Crippen molar-refractivity contribution in [3.8, 4) is 0 Å².